The van der Waals surface area contributed by atoms with Crippen molar-refractivity contribution in [3.63, 3.8) is 0 Å². The van der Waals surface area contributed by atoms with Gasteiger partial charge in [-0.3, -0.25) is 9.59 Å². The van der Waals surface area contributed by atoms with E-state index in [1.54, 1.807) is 20.8 Å². The molecule has 6 heteroatoms. The van der Waals surface area contributed by atoms with E-state index in [1.165, 1.54) is 0 Å². The third kappa shape index (κ3) is 4.30. The Bertz CT molecular complexity index is 420. The number of aromatic nitrogens is 1. The molecular weight excluding hydrogens is 290 g/mol. The Morgan fingerprint density at radius 1 is 1.53 bits per heavy atom. The molecule has 1 aromatic heterocycles. The first-order valence-electron chi connectivity index (χ1n) is 5.14. The molecule has 0 spiro atoms. The Morgan fingerprint density at radius 3 is 2.65 bits per heavy atom. The van der Waals surface area contributed by atoms with E-state index in [2.05, 4.69) is 21.1 Å². The lowest BCUT2D eigenvalue weighted by atomic mass is 10.2. The first-order chi connectivity index (χ1) is 7.83. The predicted octanol–water partition coefficient (Wildman–Crippen LogP) is 2.52. The number of rotatable bonds is 4. The van der Waals surface area contributed by atoms with Crippen LogP contribution in [0.2, 0.25) is 0 Å². The van der Waals surface area contributed by atoms with Crippen molar-refractivity contribution in [1.29, 1.82) is 0 Å². The average molecular weight is 304 g/mol. The highest BCUT2D eigenvalue weighted by atomic mass is 79.9. The Labute approximate surface area is 108 Å². The summed E-state index contributed by atoms with van der Waals surface area (Å²) in [6.07, 6.45) is 1.13. The van der Waals surface area contributed by atoms with Crippen molar-refractivity contribution in [2.75, 3.05) is 0 Å². The van der Waals surface area contributed by atoms with Gasteiger partial charge in [-0.2, -0.15) is 0 Å². The molecule has 0 N–H and O–H groups in total. The van der Waals surface area contributed by atoms with Crippen LogP contribution in [-0.2, 0) is 16.0 Å². The van der Waals surface area contributed by atoms with E-state index in [0.29, 0.717) is 22.9 Å². The summed E-state index contributed by atoms with van der Waals surface area (Å²) in [4.78, 5) is 22.0. The van der Waals surface area contributed by atoms with Gasteiger partial charge in [0.2, 0.25) is 5.76 Å². The molecule has 1 aromatic rings. The van der Waals surface area contributed by atoms with Crippen molar-refractivity contribution in [1.82, 2.24) is 5.16 Å². The molecule has 94 valence electrons. The summed E-state index contributed by atoms with van der Waals surface area (Å²) in [5, 5.41) is 3.69. The van der Waals surface area contributed by atoms with Crippen LogP contribution in [0, 0.1) is 0 Å². The summed E-state index contributed by atoms with van der Waals surface area (Å²) in [5.41, 5.74) is 0.0458. The number of halogens is 1. The maximum Gasteiger partial charge on any atom is 0.306 e. The number of carbonyl (C=O) groups excluding carboxylic acids is 2. The molecule has 0 amide bonds. The zero-order valence-electron chi connectivity index (χ0n) is 9.95. The molecule has 0 saturated heterocycles. The van der Waals surface area contributed by atoms with Crippen LogP contribution in [-0.4, -0.2) is 23.0 Å². The Morgan fingerprint density at radius 2 is 2.18 bits per heavy atom. The van der Waals surface area contributed by atoms with Gasteiger partial charge >= 0.3 is 5.97 Å². The zero-order chi connectivity index (χ0) is 13.1. The topological polar surface area (TPSA) is 69.4 Å². The van der Waals surface area contributed by atoms with Crippen LogP contribution in [0.1, 0.15) is 43.4 Å². The number of esters is 1. The number of carbonyl (C=O) groups is 2. The highest BCUT2D eigenvalue weighted by molar-refractivity contribution is 9.10. The minimum atomic E-state index is -0.494. The molecule has 0 bridgehead atoms. The fourth-order valence-corrected chi connectivity index (χ4v) is 1.60. The highest BCUT2D eigenvalue weighted by Crippen LogP contribution is 2.21. The number of ether oxygens (including phenoxy) is 1. The lowest BCUT2D eigenvalue weighted by Crippen LogP contribution is -2.24. The molecule has 0 radical (unpaired) electrons. The molecule has 0 aliphatic heterocycles. The summed E-state index contributed by atoms with van der Waals surface area (Å²) in [6.45, 7) is 5.42. The lowest BCUT2D eigenvalue weighted by Gasteiger charge is -2.19. The summed E-state index contributed by atoms with van der Waals surface area (Å²) >= 11 is 3.18. The van der Waals surface area contributed by atoms with Crippen LogP contribution < -0.4 is 0 Å². The maximum absolute atomic E-state index is 11.5. The molecule has 0 aliphatic carbocycles. The predicted molar refractivity (Wildman–Crippen MR) is 63.8 cm³/mol. The fraction of sp³-hybridized carbons (Fsp3) is 0.545. The van der Waals surface area contributed by atoms with Gasteiger partial charge in [-0.05, 0) is 36.7 Å². The molecular formula is C11H14BrNO4. The summed E-state index contributed by atoms with van der Waals surface area (Å²) in [7, 11) is 0. The van der Waals surface area contributed by atoms with E-state index < -0.39 is 5.60 Å². The van der Waals surface area contributed by atoms with Gasteiger partial charge in [0.1, 0.15) is 5.60 Å². The fourth-order valence-electron chi connectivity index (χ4n) is 1.17. The van der Waals surface area contributed by atoms with Crippen molar-refractivity contribution >= 4 is 28.2 Å². The number of aryl methyl sites for hydroxylation is 1. The lowest BCUT2D eigenvalue weighted by molar-refractivity contribution is -0.154. The van der Waals surface area contributed by atoms with Crippen LogP contribution in [0.5, 0.6) is 0 Å². The Kier molecular flexibility index (Phi) is 4.45. The van der Waals surface area contributed by atoms with E-state index >= 15 is 0 Å². The quantitative estimate of drug-likeness (QED) is 0.631. The summed E-state index contributed by atoms with van der Waals surface area (Å²) < 4.78 is 10.4. The van der Waals surface area contributed by atoms with Gasteiger partial charge in [0.25, 0.3) is 0 Å². The van der Waals surface area contributed by atoms with Gasteiger partial charge in [0.05, 0.1) is 16.6 Å². The maximum atomic E-state index is 11.5. The van der Waals surface area contributed by atoms with Crippen molar-refractivity contribution in [2.24, 2.45) is 0 Å². The Hall–Kier alpha value is -1.17. The van der Waals surface area contributed by atoms with E-state index in [-0.39, 0.29) is 18.2 Å². The summed E-state index contributed by atoms with van der Waals surface area (Å²) in [5.74, 6) is -0.177. The van der Waals surface area contributed by atoms with Crippen LogP contribution in [0.4, 0.5) is 0 Å². The van der Waals surface area contributed by atoms with Gasteiger partial charge in [-0.15, -0.1) is 0 Å². The zero-order valence-corrected chi connectivity index (χ0v) is 11.5. The second-order valence-corrected chi connectivity index (χ2v) is 5.30. The van der Waals surface area contributed by atoms with Gasteiger partial charge in [-0.25, -0.2) is 0 Å². The molecule has 1 heterocycles. The number of aldehydes is 1. The van der Waals surface area contributed by atoms with Gasteiger partial charge in [-0.1, -0.05) is 5.16 Å². The van der Waals surface area contributed by atoms with Crippen LogP contribution in [0.3, 0.4) is 0 Å². The molecule has 0 aromatic carbocycles. The van der Waals surface area contributed by atoms with E-state index in [4.69, 9.17) is 9.26 Å². The van der Waals surface area contributed by atoms with Crippen molar-refractivity contribution < 1.29 is 18.8 Å². The van der Waals surface area contributed by atoms with Gasteiger partial charge in [0.15, 0.2) is 6.29 Å². The second kappa shape index (κ2) is 5.44. The molecule has 0 aliphatic rings. The normalized spacial score (nSPS) is 11.3. The van der Waals surface area contributed by atoms with Crippen molar-refractivity contribution in [2.45, 2.75) is 39.2 Å². The minimum Gasteiger partial charge on any atom is -0.460 e. The smallest absolute Gasteiger partial charge is 0.306 e. The Balaban J connectivity index is 2.53. The average Bonchev–Trinajstić information content (AvgIpc) is 2.54. The van der Waals surface area contributed by atoms with E-state index in [9.17, 15) is 9.59 Å². The van der Waals surface area contributed by atoms with Gasteiger partial charge < -0.3 is 9.26 Å². The molecule has 0 unspecified atom stereocenters. The number of nitrogens with zero attached hydrogens (tertiary/aromatic N) is 1. The summed E-state index contributed by atoms with van der Waals surface area (Å²) in [6, 6.07) is 0. The van der Waals surface area contributed by atoms with Crippen LogP contribution in [0.15, 0.2) is 9.00 Å². The van der Waals surface area contributed by atoms with Crippen molar-refractivity contribution in [3.05, 3.63) is 15.9 Å². The van der Waals surface area contributed by atoms with Crippen molar-refractivity contribution in [3.8, 4) is 0 Å². The number of hydrogen-bond acceptors (Lipinski definition) is 5. The van der Waals surface area contributed by atoms with Crippen LogP contribution >= 0.6 is 15.9 Å². The van der Waals surface area contributed by atoms with E-state index in [0.717, 1.165) is 0 Å². The molecule has 17 heavy (non-hydrogen) atoms. The third-order valence-corrected chi connectivity index (χ3v) is 2.67. The minimum absolute atomic E-state index is 0.129. The largest absolute Gasteiger partial charge is 0.460 e. The molecule has 0 atom stereocenters. The second-order valence-electron chi connectivity index (χ2n) is 4.51. The third-order valence-electron chi connectivity index (χ3n) is 1.82. The van der Waals surface area contributed by atoms with Gasteiger partial charge in [0, 0.05) is 6.42 Å². The molecule has 1 rings (SSSR count). The SMILES string of the molecule is CC(C)(C)OC(=O)CCc1noc(C=O)c1Br. The monoisotopic (exact) mass is 303 g/mol. The molecule has 0 fully saturated rings. The standard InChI is InChI=1S/C11H14BrNO4/c1-11(2,3)16-9(15)5-4-7-10(12)8(6-14)17-13-7/h6H,4-5H2,1-3H3. The first-order valence-corrected chi connectivity index (χ1v) is 5.94. The van der Waals surface area contributed by atoms with Crippen LogP contribution in [0.25, 0.3) is 0 Å². The van der Waals surface area contributed by atoms with E-state index in [1.807, 2.05) is 0 Å². The number of hydrogen-bond donors (Lipinski definition) is 0. The highest BCUT2D eigenvalue weighted by Gasteiger charge is 2.18. The molecule has 5 nitrogen and oxygen atoms in total. The first kappa shape index (κ1) is 13.9. The molecule has 0 saturated carbocycles.